The third kappa shape index (κ3) is 4.44. The van der Waals surface area contributed by atoms with Gasteiger partial charge in [-0.05, 0) is 38.3 Å². The van der Waals surface area contributed by atoms with Gasteiger partial charge in [0, 0.05) is 31.2 Å². The van der Waals surface area contributed by atoms with Gasteiger partial charge in [0.2, 0.25) is 0 Å². The summed E-state index contributed by atoms with van der Waals surface area (Å²) in [5.74, 6) is 0. The Morgan fingerprint density at radius 3 is 2.32 bits per heavy atom. The third-order valence-electron chi connectivity index (χ3n) is 4.54. The normalized spacial score (nSPS) is 27.0. The summed E-state index contributed by atoms with van der Waals surface area (Å²) in [6, 6.07) is 1.40. The summed E-state index contributed by atoms with van der Waals surface area (Å²) in [5, 5.41) is 0. The van der Waals surface area contributed by atoms with E-state index >= 15 is 0 Å². The quantitative estimate of drug-likeness (QED) is 0.851. The summed E-state index contributed by atoms with van der Waals surface area (Å²) < 4.78 is 0. The number of hydrogen-bond acceptors (Lipinski definition) is 3. The number of nitrogens with zero attached hydrogens (tertiary/aromatic N) is 2. The molecule has 3 heteroatoms. The van der Waals surface area contributed by atoms with Crippen molar-refractivity contribution in [3.05, 3.63) is 0 Å². The monoisotopic (exact) mass is 269 g/mol. The van der Waals surface area contributed by atoms with Gasteiger partial charge in [-0.3, -0.25) is 4.90 Å². The van der Waals surface area contributed by atoms with Crippen LogP contribution in [0.4, 0.5) is 0 Å². The van der Waals surface area contributed by atoms with Crippen LogP contribution in [0.1, 0.15) is 53.9 Å². The molecule has 3 unspecified atom stereocenters. The van der Waals surface area contributed by atoms with Crippen LogP contribution in [0, 0.1) is 5.41 Å². The zero-order valence-corrected chi connectivity index (χ0v) is 13.9. The number of nitrogens with two attached hydrogens (primary N) is 1. The Labute approximate surface area is 120 Å². The van der Waals surface area contributed by atoms with E-state index in [1.54, 1.807) is 0 Å². The van der Waals surface area contributed by atoms with E-state index < -0.39 is 0 Å². The highest BCUT2D eigenvalue weighted by Crippen LogP contribution is 2.31. The lowest BCUT2D eigenvalue weighted by molar-refractivity contribution is 0.0391. The fourth-order valence-electron chi connectivity index (χ4n) is 3.60. The smallest absolute Gasteiger partial charge is 0.0298 e. The molecular formula is C16H35N3. The fraction of sp³-hybridized carbons (Fsp3) is 1.00. The second-order valence-electron chi connectivity index (χ2n) is 7.30. The maximum absolute atomic E-state index is 6.48. The topological polar surface area (TPSA) is 32.5 Å². The van der Waals surface area contributed by atoms with E-state index in [2.05, 4.69) is 51.5 Å². The maximum atomic E-state index is 6.48. The first kappa shape index (κ1) is 16.9. The van der Waals surface area contributed by atoms with Crippen molar-refractivity contribution in [3.8, 4) is 0 Å². The summed E-state index contributed by atoms with van der Waals surface area (Å²) in [6.07, 6.45) is 3.54. The van der Waals surface area contributed by atoms with E-state index in [-0.39, 0.29) is 11.5 Å². The highest BCUT2D eigenvalue weighted by atomic mass is 15.3. The molecule has 114 valence electrons. The van der Waals surface area contributed by atoms with Crippen molar-refractivity contribution in [2.75, 3.05) is 26.7 Å². The van der Waals surface area contributed by atoms with Crippen LogP contribution in [0.3, 0.4) is 0 Å². The Morgan fingerprint density at radius 2 is 1.84 bits per heavy atom. The molecule has 0 bridgehead atoms. The molecule has 19 heavy (non-hydrogen) atoms. The Bertz CT molecular complexity index is 259. The minimum Gasteiger partial charge on any atom is -0.326 e. The van der Waals surface area contributed by atoms with E-state index in [1.165, 1.54) is 32.5 Å². The number of rotatable bonds is 4. The van der Waals surface area contributed by atoms with Crippen LogP contribution in [0.2, 0.25) is 0 Å². The predicted molar refractivity (Wildman–Crippen MR) is 84.4 cm³/mol. The molecular weight excluding hydrogens is 234 g/mol. The van der Waals surface area contributed by atoms with Crippen LogP contribution in [-0.4, -0.2) is 54.6 Å². The van der Waals surface area contributed by atoms with Crippen LogP contribution < -0.4 is 5.73 Å². The Kier molecular flexibility index (Phi) is 6.28. The highest BCUT2D eigenvalue weighted by molar-refractivity contribution is 4.94. The van der Waals surface area contributed by atoms with Crippen molar-refractivity contribution < 1.29 is 0 Å². The maximum Gasteiger partial charge on any atom is 0.0298 e. The predicted octanol–water partition coefficient (Wildman–Crippen LogP) is 2.55. The fourth-order valence-corrected chi connectivity index (χ4v) is 3.60. The van der Waals surface area contributed by atoms with Gasteiger partial charge in [-0.25, -0.2) is 0 Å². The first-order valence-corrected chi connectivity index (χ1v) is 8.01. The molecule has 2 N–H and O–H groups in total. The van der Waals surface area contributed by atoms with Gasteiger partial charge in [-0.15, -0.1) is 0 Å². The van der Waals surface area contributed by atoms with Crippen molar-refractivity contribution in [3.63, 3.8) is 0 Å². The Morgan fingerprint density at radius 1 is 1.21 bits per heavy atom. The first-order valence-electron chi connectivity index (χ1n) is 8.01. The Balaban J connectivity index is 2.97. The van der Waals surface area contributed by atoms with Crippen LogP contribution in [0.5, 0.6) is 0 Å². The molecule has 0 radical (unpaired) electrons. The van der Waals surface area contributed by atoms with Gasteiger partial charge in [-0.1, -0.05) is 34.6 Å². The first-order chi connectivity index (χ1) is 8.81. The summed E-state index contributed by atoms with van der Waals surface area (Å²) in [6.45, 7) is 15.1. The SMILES string of the molecule is CCC(N)C(N1CCCN(C)CC1CC)C(C)(C)C. The molecule has 1 rings (SSSR count). The molecule has 0 aliphatic carbocycles. The molecule has 1 aliphatic rings. The zero-order chi connectivity index (χ0) is 14.6. The molecule has 1 aliphatic heterocycles. The van der Waals surface area contributed by atoms with Crippen molar-refractivity contribution in [1.29, 1.82) is 0 Å². The lowest BCUT2D eigenvalue weighted by Gasteiger charge is -2.46. The van der Waals surface area contributed by atoms with Gasteiger partial charge in [0.1, 0.15) is 0 Å². The lowest BCUT2D eigenvalue weighted by atomic mass is 9.79. The summed E-state index contributed by atoms with van der Waals surface area (Å²) in [7, 11) is 2.25. The minimum atomic E-state index is 0.242. The van der Waals surface area contributed by atoms with Gasteiger partial charge < -0.3 is 10.6 Å². The average molecular weight is 269 g/mol. The highest BCUT2D eigenvalue weighted by Gasteiger charge is 2.38. The van der Waals surface area contributed by atoms with E-state index in [0.29, 0.717) is 12.1 Å². The van der Waals surface area contributed by atoms with E-state index in [9.17, 15) is 0 Å². The number of hydrogen-bond donors (Lipinski definition) is 1. The zero-order valence-electron chi connectivity index (χ0n) is 13.9. The second-order valence-corrected chi connectivity index (χ2v) is 7.30. The molecule has 0 aromatic heterocycles. The summed E-state index contributed by atoms with van der Waals surface area (Å²) >= 11 is 0. The van der Waals surface area contributed by atoms with Crippen molar-refractivity contribution in [1.82, 2.24) is 9.80 Å². The van der Waals surface area contributed by atoms with Gasteiger partial charge in [0.05, 0.1) is 0 Å². The Hall–Kier alpha value is -0.120. The van der Waals surface area contributed by atoms with Gasteiger partial charge >= 0.3 is 0 Å². The van der Waals surface area contributed by atoms with Gasteiger partial charge in [-0.2, -0.15) is 0 Å². The van der Waals surface area contributed by atoms with Crippen molar-refractivity contribution in [2.45, 2.75) is 72.0 Å². The van der Waals surface area contributed by atoms with Crippen LogP contribution in [0.15, 0.2) is 0 Å². The molecule has 0 aromatic rings. The van der Waals surface area contributed by atoms with Crippen LogP contribution in [-0.2, 0) is 0 Å². The van der Waals surface area contributed by atoms with E-state index in [1.807, 2.05) is 0 Å². The minimum absolute atomic E-state index is 0.242. The molecule has 1 heterocycles. The van der Waals surface area contributed by atoms with Crippen molar-refractivity contribution >= 4 is 0 Å². The van der Waals surface area contributed by atoms with E-state index in [0.717, 1.165) is 6.42 Å². The van der Waals surface area contributed by atoms with Crippen LogP contribution in [0.25, 0.3) is 0 Å². The molecule has 1 saturated heterocycles. The number of likely N-dealkylation sites (N-methyl/N-ethyl adjacent to an activating group) is 1. The molecule has 0 amide bonds. The third-order valence-corrected chi connectivity index (χ3v) is 4.54. The van der Waals surface area contributed by atoms with Crippen LogP contribution >= 0.6 is 0 Å². The average Bonchev–Trinajstić information content (AvgIpc) is 2.49. The molecule has 3 nitrogen and oxygen atoms in total. The second kappa shape index (κ2) is 7.05. The molecule has 3 atom stereocenters. The summed E-state index contributed by atoms with van der Waals surface area (Å²) in [5.41, 5.74) is 6.72. The largest absolute Gasteiger partial charge is 0.326 e. The standard InChI is InChI=1S/C16H35N3/c1-7-13-12-18(6)10-9-11-19(13)15(14(17)8-2)16(3,4)5/h13-15H,7-12,17H2,1-6H3. The molecule has 1 fully saturated rings. The van der Waals surface area contributed by atoms with Gasteiger partial charge in [0.25, 0.3) is 0 Å². The van der Waals surface area contributed by atoms with Gasteiger partial charge in [0.15, 0.2) is 0 Å². The molecule has 0 saturated carbocycles. The summed E-state index contributed by atoms with van der Waals surface area (Å²) in [4.78, 5) is 5.20. The lowest BCUT2D eigenvalue weighted by Crippen LogP contribution is -2.58. The van der Waals surface area contributed by atoms with Crippen molar-refractivity contribution in [2.24, 2.45) is 11.1 Å². The molecule has 0 aromatic carbocycles. The van der Waals surface area contributed by atoms with E-state index in [4.69, 9.17) is 5.73 Å². The molecule has 0 spiro atoms.